The molecule has 0 aromatic carbocycles. The van der Waals surface area contributed by atoms with Crippen molar-refractivity contribution in [2.24, 2.45) is 5.92 Å². The first kappa shape index (κ1) is 8.46. The van der Waals surface area contributed by atoms with Gasteiger partial charge in [0.05, 0.1) is 12.1 Å². The monoisotopic (exact) mass is 185 g/mol. The van der Waals surface area contributed by atoms with Crippen LogP contribution in [0, 0.1) is 5.92 Å². The molecular formula is C7H11N3O3. The fourth-order valence-electron chi connectivity index (χ4n) is 1.76. The molecule has 2 rings (SSSR count). The van der Waals surface area contributed by atoms with Gasteiger partial charge in [-0.25, -0.2) is 4.79 Å². The van der Waals surface area contributed by atoms with Crippen LogP contribution < -0.4 is 10.6 Å². The van der Waals surface area contributed by atoms with E-state index >= 15 is 0 Å². The molecule has 72 valence electrons. The van der Waals surface area contributed by atoms with Crippen molar-refractivity contribution < 1.29 is 14.8 Å². The predicted octanol–water partition coefficient (Wildman–Crippen LogP) is -0.747. The summed E-state index contributed by atoms with van der Waals surface area (Å²) in [5, 5.41) is 14.7. The minimum Gasteiger partial charge on any atom is -0.320 e. The molecule has 2 aliphatic rings. The fraction of sp³-hybridized carbons (Fsp3) is 0.714. The maximum atomic E-state index is 11.3. The van der Waals surface area contributed by atoms with Gasteiger partial charge >= 0.3 is 6.03 Å². The van der Waals surface area contributed by atoms with E-state index in [1.807, 2.05) is 0 Å². The molecule has 3 N–H and O–H groups in total. The minimum absolute atomic E-state index is 0.161. The number of imide groups is 1. The highest BCUT2D eigenvalue weighted by Crippen LogP contribution is 2.20. The molecule has 0 saturated carbocycles. The van der Waals surface area contributed by atoms with Gasteiger partial charge in [-0.3, -0.25) is 15.3 Å². The minimum atomic E-state index is -0.749. The van der Waals surface area contributed by atoms with Crippen molar-refractivity contribution in [2.75, 3.05) is 6.54 Å². The van der Waals surface area contributed by atoms with Crippen LogP contribution in [-0.2, 0) is 4.79 Å². The summed E-state index contributed by atoms with van der Waals surface area (Å²) in [4.78, 5) is 22.3. The maximum absolute atomic E-state index is 11.3. The van der Waals surface area contributed by atoms with Gasteiger partial charge in [-0.2, -0.15) is 0 Å². The van der Waals surface area contributed by atoms with E-state index in [0.29, 0.717) is 6.42 Å². The van der Waals surface area contributed by atoms with Crippen molar-refractivity contribution in [3.63, 3.8) is 0 Å². The van der Waals surface area contributed by atoms with E-state index in [1.165, 1.54) is 0 Å². The number of fused-ring (bicyclic) bond motifs is 1. The number of rotatable bonds is 0. The van der Waals surface area contributed by atoms with E-state index in [9.17, 15) is 9.59 Å². The molecule has 6 heteroatoms. The Kier molecular flexibility index (Phi) is 1.93. The van der Waals surface area contributed by atoms with Crippen LogP contribution in [0.25, 0.3) is 0 Å². The molecule has 2 saturated heterocycles. The average Bonchev–Trinajstić information content (AvgIpc) is 2.15. The number of nitrogens with zero attached hydrogens (tertiary/aromatic N) is 1. The van der Waals surface area contributed by atoms with Crippen LogP contribution in [0.1, 0.15) is 12.8 Å². The lowest BCUT2D eigenvalue weighted by Gasteiger charge is -2.37. The van der Waals surface area contributed by atoms with Crippen molar-refractivity contribution >= 4 is 11.9 Å². The number of nitrogens with one attached hydrogen (secondary N) is 2. The predicted molar refractivity (Wildman–Crippen MR) is 41.7 cm³/mol. The highest BCUT2D eigenvalue weighted by atomic mass is 16.5. The van der Waals surface area contributed by atoms with Gasteiger partial charge in [0.25, 0.3) is 5.91 Å². The lowest BCUT2D eigenvalue weighted by molar-refractivity contribution is -0.164. The molecule has 0 aromatic heterocycles. The normalized spacial score (nSPS) is 34.1. The SMILES string of the molecule is O=C1NC2NCCCC2C(=O)N1O. The molecule has 2 fully saturated rings. The standard InChI is InChI=1S/C7H11N3O3/c11-6-4-2-1-3-8-5(4)9-7(12)10(6)13/h4-5,8,13H,1-3H2,(H,9,12). The lowest BCUT2D eigenvalue weighted by atomic mass is 9.93. The van der Waals surface area contributed by atoms with Crippen LogP contribution in [0.15, 0.2) is 0 Å². The Morgan fingerprint density at radius 3 is 3.00 bits per heavy atom. The molecule has 2 aliphatic heterocycles. The average molecular weight is 185 g/mol. The van der Waals surface area contributed by atoms with Crippen LogP contribution in [0.4, 0.5) is 4.79 Å². The second-order valence-corrected chi connectivity index (χ2v) is 3.28. The Morgan fingerprint density at radius 1 is 1.46 bits per heavy atom. The number of hydrogen-bond acceptors (Lipinski definition) is 4. The number of urea groups is 1. The van der Waals surface area contributed by atoms with Crippen LogP contribution in [0.2, 0.25) is 0 Å². The zero-order valence-corrected chi connectivity index (χ0v) is 6.99. The largest absolute Gasteiger partial charge is 0.349 e. The third-order valence-electron chi connectivity index (χ3n) is 2.46. The van der Waals surface area contributed by atoms with Crippen LogP contribution in [0.5, 0.6) is 0 Å². The van der Waals surface area contributed by atoms with Crippen molar-refractivity contribution in [3.8, 4) is 0 Å². The third-order valence-corrected chi connectivity index (χ3v) is 2.46. The number of carbonyl (C=O) groups is 2. The van der Waals surface area contributed by atoms with Crippen molar-refractivity contribution in [1.82, 2.24) is 15.7 Å². The number of hydrogen-bond donors (Lipinski definition) is 3. The first-order chi connectivity index (χ1) is 6.20. The van der Waals surface area contributed by atoms with Crippen molar-refractivity contribution in [2.45, 2.75) is 19.0 Å². The quantitative estimate of drug-likeness (QED) is 0.434. The van der Waals surface area contributed by atoms with Gasteiger partial charge in [0, 0.05) is 0 Å². The van der Waals surface area contributed by atoms with Gasteiger partial charge in [-0.1, -0.05) is 0 Å². The molecule has 3 amide bonds. The summed E-state index contributed by atoms with van der Waals surface area (Å²) in [6.07, 6.45) is 1.28. The zero-order chi connectivity index (χ0) is 9.42. The van der Waals surface area contributed by atoms with Gasteiger partial charge in [0.1, 0.15) is 0 Å². The van der Waals surface area contributed by atoms with E-state index in [-0.39, 0.29) is 17.1 Å². The maximum Gasteiger partial charge on any atom is 0.349 e. The fourth-order valence-corrected chi connectivity index (χ4v) is 1.76. The van der Waals surface area contributed by atoms with E-state index < -0.39 is 11.9 Å². The van der Waals surface area contributed by atoms with Crippen molar-refractivity contribution in [3.05, 3.63) is 0 Å². The molecule has 2 heterocycles. The Morgan fingerprint density at radius 2 is 2.23 bits per heavy atom. The summed E-state index contributed by atoms with van der Waals surface area (Å²) in [6, 6.07) is -0.749. The Bertz CT molecular complexity index is 255. The highest BCUT2D eigenvalue weighted by Gasteiger charge is 2.41. The smallest absolute Gasteiger partial charge is 0.320 e. The molecule has 2 unspecified atom stereocenters. The summed E-state index contributed by atoms with van der Waals surface area (Å²) in [6.45, 7) is 0.792. The molecule has 13 heavy (non-hydrogen) atoms. The molecule has 0 radical (unpaired) electrons. The Balaban J connectivity index is 2.17. The first-order valence-electron chi connectivity index (χ1n) is 4.27. The number of carbonyl (C=O) groups excluding carboxylic acids is 2. The van der Waals surface area contributed by atoms with Crippen LogP contribution >= 0.6 is 0 Å². The highest BCUT2D eigenvalue weighted by molar-refractivity contribution is 5.97. The summed E-state index contributed by atoms with van der Waals surface area (Å²) >= 11 is 0. The molecule has 0 aliphatic carbocycles. The number of piperidine rings is 1. The van der Waals surface area contributed by atoms with Gasteiger partial charge in [-0.15, -0.1) is 5.06 Å². The zero-order valence-electron chi connectivity index (χ0n) is 6.99. The van der Waals surface area contributed by atoms with Gasteiger partial charge in [0.15, 0.2) is 0 Å². The second-order valence-electron chi connectivity index (χ2n) is 3.28. The summed E-state index contributed by atoms with van der Waals surface area (Å²) < 4.78 is 0. The van der Waals surface area contributed by atoms with Crippen molar-refractivity contribution in [1.29, 1.82) is 0 Å². The molecule has 0 bridgehead atoms. The Hall–Kier alpha value is -1.14. The first-order valence-corrected chi connectivity index (χ1v) is 4.27. The van der Waals surface area contributed by atoms with Crippen LogP contribution in [-0.4, -0.2) is 34.9 Å². The van der Waals surface area contributed by atoms with E-state index in [2.05, 4.69) is 10.6 Å². The summed E-state index contributed by atoms with van der Waals surface area (Å²) in [5.74, 6) is -0.836. The lowest BCUT2D eigenvalue weighted by Crippen LogP contribution is -2.65. The molecule has 6 nitrogen and oxygen atoms in total. The van der Waals surface area contributed by atoms with E-state index in [0.717, 1.165) is 13.0 Å². The summed E-state index contributed by atoms with van der Waals surface area (Å²) in [5.41, 5.74) is 0. The van der Waals surface area contributed by atoms with Crippen LogP contribution in [0.3, 0.4) is 0 Å². The second kappa shape index (κ2) is 2.97. The molecule has 0 aromatic rings. The summed E-state index contributed by atoms with van der Waals surface area (Å²) in [7, 11) is 0. The van der Waals surface area contributed by atoms with Gasteiger partial charge in [0.2, 0.25) is 0 Å². The number of amides is 3. The van der Waals surface area contributed by atoms with E-state index in [4.69, 9.17) is 5.21 Å². The van der Waals surface area contributed by atoms with Gasteiger partial charge in [-0.05, 0) is 19.4 Å². The van der Waals surface area contributed by atoms with Gasteiger partial charge < -0.3 is 5.32 Å². The number of hydroxylamine groups is 2. The molecule has 0 spiro atoms. The Labute approximate surface area is 74.8 Å². The third kappa shape index (κ3) is 1.27. The molecular weight excluding hydrogens is 174 g/mol. The topological polar surface area (TPSA) is 81.7 Å². The molecule has 2 atom stereocenters. The van der Waals surface area contributed by atoms with E-state index in [1.54, 1.807) is 0 Å².